The van der Waals surface area contributed by atoms with Crippen molar-refractivity contribution in [2.45, 2.75) is 39.2 Å². The zero-order chi connectivity index (χ0) is 12.6. The number of thiazole rings is 1. The molecule has 0 aromatic carbocycles. The first-order valence-electron chi connectivity index (χ1n) is 6.19. The molecule has 3 nitrogen and oxygen atoms in total. The van der Waals surface area contributed by atoms with Gasteiger partial charge in [-0.15, -0.1) is 11.3 Å². The van der Waals surface area contributed by atoms with Crippen molar-refractivity contribution in [3.05, 3.63) is 15.6 Å². The number of rotatable bonds is 3. The average Bonchev–Trinajstić information content (AvgIpc) is 2.56. The van der Waals surface area contributed by atoms with Crippen LogP contribution in [0.25, 0.3) is 0 Å². The van der Waals surface area contributed by atoms with E-state index in [1.165, 1.54) is 5.01 Å². The number of aromatic nitrogens is 1. The molecule has 1 N–H and O–H groups in total. The van der Waals surface area contributed by atoms with Gasteiger partial charge in [0.05, 0.1) is 21.7 Å². The Kier molecular flexibility index (Phi) is 3.57. The van der Waals surface area contributed by atoms with E-state index >= 15 is 0 Å². The lowest BCUT2D eigenvalue weighted by molar-refractivity contribution is 0.102. The summed E-state index contributed by atoms with van der Waals surface area (Å²) in [6, 6.07) is 0. The van der Waals surface area contributed by atoms with Crippen LogP contribution in [-0.4, -0.2) is 35.6 Å². The Morgan fingerprint density at radius 2 is 2.18 bits per heavy atom. The van der Waals surface area contributed by atoms with E-state index in [2.05, 4.69) is 32.8 Å². The second-order valence-corrected chi connectivity index (χ2v) is 7.15. The summed E-state index contributed by atoms with van der Waals surface area (Å²) in [5, 5.41) is 11.3. The SMILES string of the molecule is CN(C)CCc1nc2c(s1)C(O)CC(C)(C)C2. The van der Waals surface area contributed by atoms with Gasteiger partial charge in [-0.25, -0.2) is 4.98 Å². The molecule has 0 spiro atoms. The molecule has 1 aromatic rings. The molecule has 0 saturated carbocycles. The summed E-state index contributed by atoms with van der Waals surface area (Å²) in [5.41, 5.74) is 1.31. The summed E-state index contributed by atoms with van der Waals surface area (Å²) in [6.45, 7) is 5.43. The van der Waals surface area contributed by atoms with Gasteiger partial charge in [0, 0.05) is 13.0 Å². The molecule has 0 saturated heterocycles. The molecule has 1 aromatic heterocycles. The molecule has 2 rings (SSSR count). The van der Waals surface area contributed by atoms with E-state index in [-0.39, 0.29) is 11.5 Å². The summed E-state index contributed by atoms with van der Waals surface area (Å²) >= 11 is 1.70. The smallest absolute Gasteiger partial charge is 0.0944 e. The van der Waals surface area contributed by atoms with Gasteiger partial charge in [0.2, 0.25) is 0 Å². The average molecular weight is 254 g/mol. The maximum atomic E-state index is 10.1. The van der Waals surface area contributed by atoms with Crippen LogP contribution >= 0.6 is 11.3 Å². The summed E-state index contributed by atoms with van der Waals surface area (Å²) in [5.74, 6) is 0. The van der Waals surface area contributed by atoms with Gasteiger partial charge in [0.1, 0.15) is 0 Å². The standard InChI is InChI=1S/C13H22N2OS/c1-13(2)7-9-12(10(16)8-13)17-11(14-9)5-6-15(3)4/h10,16H,5-8H2,1-4H3. The van der Waals surface area contributed by atoms with E-state index in [0.29, 0.717) is 0 Å². The number of hydrogen-bond acceptors (Lipinski definition) is 4. The molecule has 0 aliphatic heterocycles. The largest absolute Gasteiger partial charge is 0.387 e. The van der Waals surface area contributed by atoms with E-state index in [1.54, 1.807) is 11.3 Å². The van der Waals surface area contributed by atoms with Crippen molar-refractivity contribution < 1.29 is 5.11 Å². The van der Waals surface area contributed by atoms with Crippen LogP contribution in [0.1, 0.15) is 42.0 Å². The van der Waals surface area contributed by atoms with E-state index in [0.717, 1.165) is 36.4 Å². The van der Waals surface area contributed by atoms with Crippen LogP contribution in [0, 0.1) is 5.41 Å². The van der Waals surface area contributed by atoms with Crippen molar-refractivity contribution in [3.63, 3.8) is 0 Å². The molecule has 1 aliphatic rings. The van der Waals surface area contributed by atoms with Gasteiger partial charge < -0.3 is 10.0 Å². The van der Waals surface area contributed by atoms with Gasteiger partial charge in [0.25, 0.3) is 0 Å². The van der Waals surface area contributed by atoms with Gasteiger partial charge in [0.15, 0.2) is 0 Å². The number of aliphatic hydroxyl groups is 1. The van der Waals surface area contributed by atoms with Crippen LogP contribution in [0.4, 0.5) is 0 Å². The van der Waals surface area contributed by atoms with E-state index in [1.807, 2.05) is 0 Å². The Morgan fingerprint density at radius 3 is 2.82 bits per heavy atom. The molecule has 1 unspecified atom stereocenters. The molecular weight excluding hydrogens is 232 g/mol. The fourth-order valence-electron chi connectivity index (χ4n) is 2.37. The van der Waals surface area contributed by atoms with Crippen LogP contribution in [0.5, 0.6) is 0 Å². The number of nitrogens with zero attached hydrogens (tertiary/aromatic N) is 2. The van der Waals surface area contributed by atoms with E-state index in [4.69, 9.17) is 4.98 Å². The first-order chi connectivity index (χ1) is 7.87. The highest BCUT2D eigenvalue weighted by molar-refractivity contribution is 7.11. The van der Waals surface area contributed by atoms with Crippen molar-refractivity contribution in [1.29, 1.82) is 0 Å². The molecule has 0 radical (unpaired) electrons. The highest BCUT2D eigenvalue weighted by atomic mass is 32.1. The van der Waals surface area contributed by atoms with Crippen molar-refractivity contribution in [2.24, 2.45) is 5.41 Å². The zero-order valence-corrected chi connectivity index (χ0v) is 12.0. The Hall–Kier alpha value is -0.450. The fraction of sp³-hybridized carbons (Fsp3) is 0.769. The predicted molar refractivity (Wildman–Crippen MR) is 71.4 cm³/mol. The summed E-state index contributed by atoms with van der Waals surface area (Å²) in [6.07, 6.45) is 2.53. The van der Waals surface area contributed by atoms with E-state index < -0.39 is 0 Å². The maximum absolute atomic E-state index is 10.1. The van der Waals surface area contributed by atoms with Gasteiger partial charge in [-0.3, -0.25) is 0 Å². The van der Waals surface area contributed by atoms with Crippen molar-refractivity contribution in [1.82, 2.24) is 9.88 Å². The second kappa shape index (κ2) is 4.67. The Bertz CT molecular complexity index is 398. The Labute approximate surface area is 107 Å². The summed E-state index contributed by atoms with van der Waals surface area (Å²) in [7, 11) is 4.15. The number of likely N-dealkylation sites (N-methyl/N-ethyl adjacent to an activating group) is 1. The normalized spacial score (nSPS) is 22.8. The molecular formula is C13H22N2OS. The van der Waals surface area contributed by atoms with Crippen LogP contribution in [0.3, 0.4) is 0 Å². The zero-order valence-electron chi connectivity index (χ0n) is 11.2. The lowest BCUT2D eigenvalue weighted by Gasteiger charge is -2.31. The summed E-state index contributed by atoms with van der Waals surface area (Å²) in [4.78, 5) is 7.98. The maximum Gasteiger partial charge on any atom is 0.0944 e. The third kappa shape index (κ3) is 3.06. The molecule has 1 aliphatic carbocycles. The lowest BCUT2D eigenvalue weighted by Crippen LogP contribution is -2.24. The third-order valence-corrected chi connectivity index (χ3v) is 4.50. The molecule has 4 heteroatoms. The fourth-order valence-corrected chi connectivity index (χ4v) is 3.43. The minimum absolute atomic E-state index is 0.180. The highest BCUT2D eigenvalue weighted by Crippen LogP contribution is 2.42. The third-order valence-electron chi connectivity index (χ3n) is 3.24. The molecule has 1 atom stereocenters. The summed E-state index contributed by atoms with van der Waals surface area (Å²) < 4.78 is 0. The monoisotopic (exact) mass is 254 g/mol. The van der Waals surface area contributed by atoms with Crippen molar-refractivity contribution >= 4 is 11.3 Å². The predicted octanol–water partition coefficient (Wildman–Crippen LogP) is 2.25. The quantitative estimate of drug-likeness (QED) is 0.899. The van der Waals surface area contributed by atoms with Crippen LogP contribution in [0.2, 0.25) is 0 Å². The number of hydrogen-bond donors (Lipinski definition) is 1. The highest BCUT2D eigenvalue weighted by Gasteiger charge is 2.33. The topological polar surface area (TPSA) is 36.4 Å². The number of aliphatic hydroxyl groups excluding tert-OH is 1. The molecule has 0 bridgehead atoms. The minimum Gasteiger partial charge on any atom is -0.387 e. The van der Waals surface area contributed by atoms with Crippen LogP contribution in [0.15, 0.2) is 0 Å². The minimum atomic E-state index is -0.306. The molecule has 0 amide bonds. The Morgan fingerprint density at radius 1 is 1.47 bits per heavy atom. The van der Waals surface area contributed by atoms with Crippen molar-refractivity contribution in [3.8, 4) is 0 Å². The van der Waals surface area contributed by atoms with Gasteiger partial charge in [-0.2, -0.15) is 0 Å². The molecule has 17 heavy (non-hydrogen) atoms. The first-order valence-corrected chi connectivity index (χ1v) is 7.00. The Balaban J connectivity index is 2.15. The molecule has 0 fully saturated rings. The van der Waals surface area contributed by atoms with Gasteiger partial charge in [-0.1, -0.05) is 13.8 Å². The van der Waals surface area contributed by atoms with Crippen LogP contribution in [-0.2, 0) is 12.8 Å². The van der Waals surface area contributed by atoms with Crippen LogP contribution < -0.4 is 0 Å². The van der Waals surface area contributed by atoms with Gasteiger partial charge >= 0.3 is 0 Å². The van der Waals surface area contributed by atoms with E-state index in [9.17, 15) is 5.11 Å². The first kappa shape index (κ1) is 13.0. The van der Waals surface area contributed by atoms with Gasteiger partial charge in [-0.05, 0) is 32.4 Å². The number of fused-ring (bicyclic) bond motifs is 1. The second-order valence-electron chi connectivity index (χ2n) is 6.03. The lowest BCUT2D eigenvalue weighted by atomic mass is 9.77. The van der Waals surface area contributed by atoms with Crippen molar-refractivity contribution in [2.75, 3.05) is 20.6 Å². The molecule has 96 valence electrons. The molecule has 1 heterocycles.